The van der Waals surface area contributed by atoms with E-state index in [-0.39, 0.29) is 11.4 Å². The molecule has 0 bridgehead atoms. The minimum absolute atomic E-state index is 0.0355. The van der Waals surface area contributed by atoms with E-state index in [9.17, 15) is 4.79 Å². The predicted octanol–water partition coefficient (Wildman–Crippen LogP) is 2.92. The number of nitrogens with zero attached hydrogens (tertiary/aromatic N) is 2. The Morgan fingerprint density at radius 1 is 1.32 bits per heavy atom. The quantitative estimate of drug-likeness (QED) is 0.793. The first kappa shape index (κ1) is 14.5. The van der Waals surface area contributed by atoms with Crippen molar-refractivity contribution in [3.63, 3.8) is 0 Å². The summed E-state index contributed by atoms with van der Waals surface area (Å²) >= 11 is 3.49. The number of likely N-dealkylation sites (N-methyl/N-ethyl adjacent to an activating group) is 1. The van der Waals surface area contributed by atoms with Crippen molar-refractivity contribution < 1.29 is 4.79 Å². The molecule has 0 unspecified atom stereocenters. The van der Waals surface area contributed by atoms with Crippen molar-refractivity contribution in [1.82, 2.24) is 9.80 Å². The highest BCUT2D eigenvalue weighted by atomic mass is 79.9. The van der Waals surface area contributed by atoms with E-state index in [1.165, 1.54) is 0 Å². The number of hydrogen-bond acceptors (Lipinski definition) is 2. The molecule has 4 heteroatoms. The van der Waals surface area contributed by atoms with E-state index in [2.05, 4.69) is 41.7 Å². The SMILES string of the molecule is Cc1c(Br)cccc1C(=O)N1CCN(C)C(C)(C)C1. The monoisotopic (exact) mass is 324 g/mol. The Bertz CT molecular complexity index is 499. The fraction of sp³-hybridized carbons (Fsp3) is 0.533. The van der Waals surface area contributed by atoms with Gasteiger partial charge in [-0.2, -0.15) is 0 Å². The first-order valence-electron chi connectivity index (χ1n) is 6.58. The summed E-state index contributed by atoms with van der Waals surface area (Å²) in [7, 11) is 2.12. The molecule has 0 atom stereocenters. The van der Waals surface area contributed by atoms with E-state index in [1.807, 2.05) is 30.0 Å². The Morgan fingerprint density at radius 2 is 2.00 bits per heavy atom. The summed E-state index contributed by atoms with van der Waals surface area (Å²) in [5, 5.41) is 0. The van der Waals surface area contributed by atoms with Gasteiger partial charge in [0, 0.05) is 35.2 Å². The van der Waals surface area contributed by atoms with Gasteiger partial charge in [-0.3, -0.25) is 9.69 Å². The van der Waals surface area contributed by atoms with E-state index in [4.69, 9.17) is 0 Å². The van der Waals surface area contributed by atoms with Gasteiger partial charge in [0.1, 0.15) is 0 Å². The Balaban J connectivity index is 2.23. The fourth-order valence-electron chi connectivity index (χ4n) is 2.42. The summed E-state index contributed by atoms with van der Waals surface area (Å²) in [6.07, 6.45) is 0. The highest BCUT2D eigenvalue weighted by Gasteiger charge is 2.33. The lowest BCUT2D eigenvalue weighted by Crippen LogP contribution is -2.58. The molecular weight excluding hydrogens is 304 g/mol. The topological polar surface area (TPSA) is 23.6 Å². The molecule has 0 radical (unpaired) electrons. The van der Waals surface area contributed by atoms with E-state index in [1.54, 1.807) is 0 Å². The molecule has 0 spiro atoms. The summed E-state index contributed by atoms with van der Waals surface area (Å²) in [6.45, 7) is 8.84. The Labute approximate surface area is 123 Å². The van der Waals surface area contributed by atoms with E-state index in [0.29, 0.717) is 0 Å². The van der Waals surface area contributed by atoms with Gasteiger partial charge in [0.25, 0.3) is 5.91 Å². The molecule has 19 heavy (non-hydrogen) atoms. The summed E-state index contributed by atoms with van der Waals surface area (Å²) in [5.41, 5.74) is 1.85. The molecule has 1 aromatic rings. The van der Waals surface area contributed by atoms with Gasteiger partial charge in [-0.1, -0.05) is 22.0 Å². The van der Waals surface area contributed by atoms with Crippen LogP contribution in [0.2, 0.25) is 0 Å². The van der Waals surface area contributed by atoms with Crippen LogP contribution in [0.15, 0.2) is 22.7 Å². The third kappa shape index (κ3) is 2.84. The molecule has 1 heterocycles. The second-order valence-electron chi connectivity index (χ2n) is 5.87. The van der Waals surface area contributed by atoms with E-state index in [0.717, 1.165) is 35.2 Å². The van der Waals surface area contributed by atoms with Gasteiger partial charge in [-0.25, -0.2) is 0 Å². The van der Waals surface area contributed by atoms with Crippen LogP contribution in [-0.4, -0.2) is 47.9 Å². The van der Waals surface area contributed by atoms with Crippen molar-refractivity contribution >= 4 is 21.8 Å². The minimum Gasteiger partial charge on any atom is -0.336 e. The zero-order valence-corrected chi connectivity index (χ0v) is 13.6. The highest BCUT2D eigenvalue weighted by Crippen LogP contribution is 2.24. The number of amides is 1. The first-order chi connectivity index (χ1) is 8.83. The van der Waals surface area contributed by atoms with Crippen LogP contribution < -0.4 is 0 Å². The van der Waals surface area contributed by atoms with Crippen LogP contribution in [0.3, 0.4) is 0 Å². The number of hydrogen-bond donors (Lipinski definition) is 0. The van der Waals surface area contributed by atoms with Crippen LogP contribution in [0.5, 0.6) is 0 Å². The third-order valence-electron chi connectivity index (χ3n) is 4.10. The molecule has 1 aliphatic heterocycles. The maximum absolute atomic E-state index is 12.7. The number of halogens is 1. The smallest absolute Gasteiger partial charge is 0.254 e. The van der Waals surface area contributed by atoms with Crippen molar-refractivity contribution in [1.29, 1.82) is 0 Å². The minimum atomic E-state index is 0.0355. The largest absolute Gasteiger partial charge is 0.336 e. The van der Waals surface area contributed by atoms with Crippen LogP contribution in [0, 0.1) is 6.92 Å². The van der Waals surface area contributed by atoms with Gasteiger partial charge < -0.3 is 4.90 Å². The lowest BCUT2D eigenvalue weighted by molar-refractivity contribution is 0.0311. The lowest BCUT2D eigenvalue weighted by atomic mass is 9.98. The van der Waals surface area contributed by atoms with Gasteiger partial charge >= 0.3 is 0 Å². The van der Waals surface area contributed by atoms with E-state index >= 15 is 0 Å². The summed E-state index contributed by atoms with van der Waals surface area (Å²) < 4.78 is 0.992. The predicted molar refractivity (Wildman–Crippen MR) is 81.5 cm³/mol. The molecule has 104 valence electrons. The number of benzene rings is 1. The zero-order chi connectivity index (χ0) is 14.2. The average Bonchev–Trinajstić information content (AvgIpc) is 2.35. The maximum atomic E-state index is 12.7. The Hall–Kier alpha value is -0.870. The molecule has 0 saturated carbocycles. The number of rotatable bonds is 1. The molecule has 1 amide bonds. The molecule has 1 aromatic carbocycles. The normalized spacial score (nSPS) is 19.5. The molecule has 1 saturated heterocycles. The van der Waals surface area contributed by atoms with Crippen LogP contribution in [-0.2, 0) is 0 Å². The molecule has 0 aliphatic carbocycles. The van der Waals surface area contributed by atoms with Crippen molar-refractivity contribution in [2.45, 2.75) is 26.3 Å². The summed E-state index contributed by atoms with van der Waals surface area (Å²) in [5.74, 6) is 0.139. The van der Waals surface area contributed by atoms with Crippen molar-refractivity contribution in [2.24, 2.45) is 0 Å². The second kappa shape index (κ2) is 5.25. The second-order valence-corrected chi connectivity index (χ2v) is 6.73. The van der Waals surface area contributed by atoms with E-state index < -0.39 is 0 Å². The average molecular weight is 325 g/mol. The number of carbonyl (C=O) groups excluding carboxylic acids is 1. The van der Waals surface area contributed by atoms with Crippen molar-refractivity contribution in [2.75, 3.05) is 26.7 Å². The molecule has 2 rings (SSSR count). The van der Waals surface area contributed by atoms with Gasteiger partial charge in [0.15, 0.2) is 0 Å². The Kier molecular flexibility index (Phi) is 4.02. The standard InChI is InChI=1S/C15H21BrN2O/c1-11-12(6-5-7-13(11)16)14(19)18-9-8-17(4)15(2,3)10-18/h5-7H,8-10H2,1-4H3. The Morgan fingerprint density at radius 3 is 2.63 bits per heavy atom. The number of piperazine rings is 1. The molecule has 1 aliphatic rings. The molecular formula is C15H21BrN2O. The molecule has 1 fully saturated rings. The molecule has 3 nitrogen and oxygen atoms in total. The van der Waals surface area contributed by atoms with Gasteiger partial charge in [-0.15, -0.1) is 0 Å². The highest BCUT2D eigenvalue weighted by molar-refractivity contribution is 9.10. The van der Waals surface area contributed by atoms with Gasteiger partial charge in [0.2, 0.25) is 0 Å². The molecule has 0 N–H and O–H groups in total. The third-order valence-corrected chi connectivity index (χ3v) is 4.96. The van der Waals surface area contributed by atoms with Crippen molar-refractivity contribution in [3.8, 4) is 0 Å². The fourth-order valence-corrected chi connectivity index (χ4v) is 2.79. The van der Waals surface area contributed by atoms with Gasteiger partial charge in [-0.05, 0) is 45.5 Å². The van der Waals surface area contributed by atoms with Crippen molar-refractivity contribution in [3.05, 3.63) is 33.8 Å². The van der Waals surface area contributed by atoms with Crippen LogP contribution >= 0.6 is 15.9 Å². The van der Waals surface area contributed by atoms with Gasteiger partial charge in [0.05, 0.1) is 0 Å². The summed E-state index contributed by atoms with van der Waals surface area (Å²) in [4.78, 5) is 16.9. The van der Waals surface area contributed by atoms with Crippen LogP contribution in [0.25, 0.3) is 0 Å². The first-order valence-corrected chi connectivity index (χ1v) is 7.38. The zero-order valence-electron chi connectivity index (χ0n) is 12.0. The summed E-state index contributed by atoms with van der Waals surface area (Å²) in [6, 6.07) is 5.80. The maximum Gasteiger partial charge on any atom is 0.254 e. The molecule has 0 aromatic heterocycles. The van der Waals surface area contributed by atoms with Crippen LogP contribution in [0.1, 0.15) is 29.8 Å². The number of carbonyl (C=O) groups is 1. The lowest BCUT2D eigenvalue weighted by Gasteiger charge is -2.45. The van der Waals surface area contributed by atoms with Crippen LogP contribution in [0.4, 0.5) is 0 Å².